The van der Waals surface area contributed by atoms with E-state index in [9.17, 15) is 14.4 Å². The lowest BCUT2D eigenvalue weighted by Crippen LogP contribution is -2.46. The molecule has 13 nitrogen and oxygen atoms in total. The van der Waals surface area contributed by atoms with Crippen LogP contribution < -0.4 is 30.6 Å². The molecule has 1 saturated carbocycles. The second-order valence-corrected chi connectivity index (χ2v) is 9.14. The Labute approximate surface area is 210 Å². The van der Waals surface area contributed by atoms with Gasteiger partial charge in [0.1, 0.15) is 17.6 Å². The van der Waals surface area contributed by atoms with E-state index in [1.54, 1.807) is 33.9 Å². The standard InChI is InChI=1S/C24H25N7O6/c1-35-23-26-11-13-2-7-20(33)30(22(13)29-23)9-8-25-14-3-4-15-17(10-14)37-24(34)31(15)18-6-5-16-21(27-18)28-19(32)12-36-16/h2,5-7,11,14-15,17,25H,3-4,8-10,12H2,1H3,(H,27,28,32)/t14-,15-,17-/m0/s1. The summed E-state index contributed by atoms with van der Waals surface area (Å²) >= 11 is 0. The summed E-state index contributed by atoms with van der Waals surface area (Å²) in [5, 5.41) is 6.92. The zero-order valence-corrected chi connectivity index (χ0v) is 20.0. The first-order chi connectivity index (χ1) is 18.0. The van der Waals surface area contributed by atoms with Gasteiger partial charge in [0.25, 0.3) is 11.5 Å². The molecule has 3 aromatic heterocycles. The largest absolute Gasteiger partial charge is 0.480 e. The Morgan fingerprint density at radius 2 is 2.05 bits per heavy atom. The number of ether oxygens (including phenoxy) is 3. The lowest BCUT2D eigenvalue weighted by atomic mass is 9.88. The van der Waals surface area contributed by atoms with Gasteiger partial charge in [-0.25, -0.2) is 14.8 Å². The molecular formula is C24H25N7O6. The van der Waals surface area contributed by atoms with Crippen molar-refractivity contribution in [2.24, 2.45) is 0 Å². The fourth-order valence-electron chi connectivity index (χ4n) is 5.14. The van der Waals surface area contributed by atoms with Crippen molar-refractivity contribution in [1.29, 1.82) is 0 Å². The van der Waals surface area contributed by atoms with Crippen molar-refractivity contribution in [3.63, 3.8) is 0 Å². The molecule has 37 heavy (non-hydrogen) atoms. The molecule has 0 aromatic carbocycles. The van der Waals surface area contributed by atoms with E-state index in [-0.39, 0.29) is 42.3 Å². The predicted octanol–water partition coefficient (Wildman–Crippen LogP) is 1.06. The number of rotatable bonds is 6. The third-order valence-electron chi connectivity index (χ3n) is 6.90. The average Bonchev–Trinajstić information content (AvgIpc) is 3.24. The molecule has 0 spiro atoms. The molecule has 5 heterocycles. The maximum absolute atomic E-state index is 12.8. The van der Waals surface area contributed by atoms with Crippen LogP contribution in [0.15, 0.2) is 35.3 Å². The number of pyridine rings is 2. The van der Waals surface area contributed by atoms with Crippen LogP contribution in [-0.2, 0) is 16.1 Å². The Morgan fingerprint density at radius 1 is 1.16 bits per heavy atom. The second-order valence-electron chi connectivity index (χ2n) is 9.14. The highest BCUT2D eigenvalue weighted by Gasteiger charge is 2.46. The molecular weight excluding hydrogens is 482 g/mol. The number of hydrogen-bond donors (Lipinski definition) is 2. The van der Waals surface area contributed by atoms with E-state index in [4.69, 9.17) is 14.2 Å². The lowest BCUT2D eigenvalue weighted by molar-refractivity contribution is -0.118. The topological polar surface area (TPSA) is 150 Å². The van der Waals surface area contributed by atoms with Gasteiger partial charge in [-0.15, -0.1) is 0 Å². The van der Waals surface area contributed by atoms with Crippen LogP contribution in [0, 0.1) is 0 Å². The molecule has 192 valence electrons. The second kappa shape index (κ2) is 9.32. The summed E-state index contributed by atoms with van der Waals surface area (Å²) in [5.41, 5.74) is 0.364. The summed E-state index contributed by atoms with van der Waals surface area (Å²) in [6.07, 6.45) is 3.05. The number of aromatic nitrogens is 4. The maximum atomic E-state index is 12.8. The van der Waals surface area contributed by atoms with Crippen LogP contribution in [-0.4, -0.2) is 70.0 Å². The molecule has 2 amide bonds. The fourth-order valence-corrected chi connectivity index (χ4v) is 5.14. The summed E-state index contributed by atoms with van der Waals surface area (Å²) in [4.78, 5) is 51.4. The summed E-state index contributed by atoms with van der Waals surface area (Å²) in [6.45, 7) is 0.896. The number of anilines is 2. The predicted molar refractivity (Wildman–Crippen MR) is 131 cm³/mol. The molecule has 1 aliphatic carbocycles. The first-order valence-electron chi connectivity index (χ1n) is 12.1. The number of fused-ring (bicyclic) bond motifs is 3. The Balaban J connectivity index is 1.11. The van der Waals surface area contributed by atoms with Crippen molar-refractivity contribution in [3.05, 3.63) is 40.8 Å². The molecule has 0 radical (unpaired) electrons. The van der Waals surface area contributed by atoms with Crippen molar-refractivity contribution in [2.75, 3.05) is 30.5 Å². The number of hydrogen-bond acceptors (Lipinski definition) is 10. The van der Waals surface area contributed by atoms with E-state index in [1.165, 1.54) is 13.2 Å². The molecule has 3 aliphatic rings. The minimum absolute atomic E-state index is 0.0596. The van der Waals surface area contributed by atoms with Gasteiger partial charge >= 0.3 is 12.1 Å². The fraction of sp³-hybridized carbons (Fsp3) is 0.417. The van der Waals surface area contributed by atoms with Gasteiger partial charge in [-0.05, 0) is 31.0 Å². The van der Waals surface area contributed by atoms with Gasteiger partial charge in [0, 0.05) is 43.2 Å². The molecule has 3 aromatic rings. The smallest absolute Gasteiger partial charge is 0.416 e. The lowest BCUT2D eigenvalue weighted by Gasteiger charge is -2.33. The Kier molecular flexibility index (Phi) is 5.83. The summed E-state index contributed by atoms with van der Waals surface area (Å²) in [5.74, 6) is 0.895. The highest BCUT2D eigenvalue weighted by atomic mass is 16.6. The van der Waals surface area contributed by atoms with Gasteiger partial charge < -0.3 is 24.8 Å². The quantitative estimate of drug-likeness (QED) is 0.496. The van der Waals surface area contributed by atoms with Crippen molar-refractivity contribution in [3.8, 4) is 11.8 Å². The van der Waals surface area contributed by atoms with E-state index in [0.717, 1.165) is 11.8 Å². The molecule has 6 rings (SSSR count). The summed E-state index contributed by atoms with van der Waals surface area (Å²) in [7, 11) is 1.48. The van der Waals surface area contributed by atoms with Crippen LogP contribution in [0.3, 0.4) is 0 Å². The first-order valence-corrected chi connectivity index (χ1v) is 12.1. The van der Waals surface area contributed by atoms with Crippen molar-refractivity contribution in [1.82, 2.24) is 24.8 Å². The zero-order valence-electron chi connectivity index (χ0n) is 20.0. The monoisotopic (exact) mass is 507 g/mol. The normalized spacial score (nSPS) is 22.6. The minimum Gasteiger partial charge on any atom is -0.480 e. The van der Waals surface area contributed by atoms with Crippen molar-refractivity contribution >= 4 is 34.7 Å². The van der Waals surface area contributed by atoms with Gasteiger partial charge in [-0.1, -0.05) is 0 Å². The molecule has 3 atom stereocenters. The number of carbonyl (C=O) groups excluding carboxylic acids is 2. The van der Waals surface area contributed by atoms with E-state index in [0.29, 0.717) is 49.0 Å². The molecule has 2 aliphatic heterocycles. The molecule has 0 bridgehead atoms. The van der Waals surface area contributed by atoms with Crippen LogP contribution >= 0.6 is 0 Å². The SMILES string of the molecule is COc1ncc2ccc(=O)n(CCN[C@H]3CC[C@H]4[C@H](C3)OC(=O)N4c3ccc4c(n3)NC(=O)CO4)c2n1. The van der Waals surface area contributed by atoms with E-state index in [2.05, 4.69) is 25.6 Å². The van der Waals surface area contributed by atoms with E-state index >= 15 is 0 Å². The Bertz CT molecular complexity index is 1440. The van der Waals surface area contributed by atoms with Gasteiger partial charge in [0.2, 0.25) is 0 Å². The maximum Gasteiger partial charge on any atom is 0.416 e. The third-order valence-corrected chi connectivity index (χ3v) is 6.90. The first kappa shape index (κ1) is 23.2. The molecule has 2 fully saturated rings. The number of carbonyl (C=O) groups is 2. The highest BCUT2D eigenvalue weighted by Crippen LogP contribution is 2.37. The van der Waals surface area contributed by atoms with Crippen LogP contribution in [0.4, 0.5) is 16.4 Å². The Morgan fingerprint density at radius 3 is 2.92 bits per heavy atom. The van der Waals surface area contributed by atoms with Crippen LogP contribution in [0.2, 0.25) is 0 Å². The van der Waals surface area contributed by atoms with Crippen LogP contribution in [0.25, 0.3) is 11.0 Å². The number of methoxy groups -OCH3 is 1. The summed E-state index contributed by atoms with van der Waals surface area (Å²) < 4.78 is 17.8. The average molecular weight is 508 g/mol. The number of nitrogens with zero attached hydrogens (tertiary/aromatic N) is 5. The van der Waals surface area contributed by atoms with Crippen LogP contribution in [0.5, 0.6) is 11.8 Å². The van der Waals surface area contributed by atoms with Gasteiger partial charge in [-0.3, -0.25) is 19.1 Å². The van der Waals surface area contributed by atoms with Gasteiger partial charge in [0.05, 0.1) is 13.2 Å². The van der Waals surface area contributed by atoms with Crippen LogP contribution in [0.1, 0.15) is 19.3 Å². The van der Waals surface area contributed by atoms with Crippen molar-refractivity contribution < 1.29 is 23.8 Å². The van der Waals surface area contributed by atoms with Crippen molar-refractivity contribution in [2.45, 2.75) is 44.0 Å². The molecule has 13 heteroatoms. The van der Waals surface area contributed by atoms with Gasteiger partial charge in [0.15, 0.2) is 18.2 Å². The molecule has 0 unspecified atom stereocenters. The number of nitrogens with one attached hydrogen (secondary N) is 2. The third kappa shape index (κ3) is 4.31. The van der Waals surface area contributed by atoms with E-state index < -0.39 is 6.09 Å². The highest BCUT2D eigenvalue weighted by molar-refractivity contribution is 5.95. The van der Waals surface area contributed by atoms with Gasteiger partial charge in [-0.2, -0.15) is 4.98 Å². The zero-order chi connectivity index (χ0) is 25.5. The molecule has 2 N–H and O–H groups in total. The van der Waals surface area contributed by atoms with E-state index in [1.807, 2.05) is 0 Å². The number of amides is 2. The Hall–Kier alpha value is -4.26. The molecule has 1 saturated heterocycles. The minimum atomic E-state index is -0.456. The summed E-state index contributed by atoms with van der Waals surface area (Å²) in [6, 6.07) is 6.76.